The molecule has 7 heteroatoms. The SMILES string of the molecule is CCc1cccc2c(/C=C3\SC(=O)N(C(C)C)C3=O)cn(Cc3ccc(Cl)c(Cl)c3)c12. The monoisotopic (exact) mass is 472 g/mol. The van der Waals surface area contributed by atoms with Crippen LogP contribution < -0.4 is 0 Å². The first kappa shape index (κ1) is 22.0. The van der Waals surface area contributed by atoms with Gasteiger partial charge in [-0.3, -0.25) is 14.5 Å². The Bertz CT molecular complexity index is 1230. The van der Waals surface area contributed by atoms with Gasteiger partial charge in [-0.2, -0.15) is 0 Å². The van der Waals surface area contributed by atoms with E-state index in [-0.39, 0.29) is 17.2 Å². The van der Waals surface area contributed by atoms with Crippen molar-refractivity contribution in [3.63, 3.8) is 0 Å². The zero-order valence-corrected chi connectivity index (χ0v) is 19.8. The Hall–Kier alpha value is -2.21. The molecule has 31 heavy (non-hydrogen) atoms. The summed E-state index contributed by atoms with van der Waals surface area (Å²) in [6.07, 6.45) is 4.75. The standard InChI is InChI=1S/C24H22Cl2N2O2S/c1-4-16-6-5-7-18-17(11-21-23(29)28(14(2)3)24(30)31-21)13-27(22(16)18)12-15-8-9-19(25)20(26)10-15/h5-11,13-14H,4,12H2,1-3H3/b21-11-. The van der Waals surface area contributed by atoms with Gasteiger partial charge in [0.15, 0.2) is 0 Å². The molecule has 0 spiro atoms. The van der Waals surface area contributed by atoms with Gasteiger partial charge in [0.05, 0.1) is 20.5 Å². The number of hydrogen-bond acceptors (Lipinski definition) is 3. The third-order valence-electron chi connectivity index (χ3n) is 5.36. The number of rotatable bonds is 5. The molecule has 1 aromatic heterocycles. The zero-order valence-electron chi connectivity index (χ0n) is 17.5. The van der Waals surface area contributed by atoms with E-state index in [1.54, 1.807) is 6.07 Å². The van der Waals surface area contributed by atoms with Gasteiger partial charge in [-0.15, -0.1) is 0 Å². The van der Waals surface area contributed by atoms with Crippen molar-refractivity contribution in [3.05, 3.63) is 74.2 Å². The maximum absolute atomic E-state index is 12.8. The smallest absolute Gasteiger partial charge is 0.293 e. The van der Waals surface area contributed by atoms with Gasteiger partial charge < -0.3 is 4.57 Å². The average Bonchev–Trinajstić information content (AvgIpc) is 3.21. The first-order valence-electron chi connectivity index (χ1n) is 10.1. The molecular weight excluding hydrogens is 451 g/mol. The van der Waals surface area contributed by atoms with Crippen LogP contribution in [0.3, 0.4) is 0 Å². The fraction of sp³-hybridized carbons (Fsp3) is 0.250. The van der Waals surface area contributed by atoms with E-state index in [0.717, 1.165) is 40.2 Å². The van der Waals surface area contributed by atoms with Crippen LogP contribution in [0.2, 0.25) is 10.0 Å². The second-order valence-electron chi connectivity index (χ2n) is 7.77. The molecule has 160 valence electrons. The summed E-state index contributed by atoms with van der Waals surface area (Å²) in [5.74, 6) is -0.234. The summed E-state index contributed by atoms with van der Waals surface area (Å²) in [5.41, 5.74) is 4.28. The van der Waals surface area contributed by atoms with Crippen molar-refractivity contribution >= 4 is 63.1 Å². The van der Waals surface area contributed by atoms with E-state index in [4.69, 9.17) is 23.2 Å². The minimum absolute atomic E-state index is 0.166. The molecule has 1 aliphatic heterocycles. The molecule has 1 aliphatic rings. The van der Waals surface area contributed by atoms with Crippen molar-refractivity contribution in [2.45, 2.75) is 39.8 Å². The first-order chi connectivity index (χ1) is 14.8. The molecule has 2 heterocycles. The van der Waals surface area contributed by atoms with Gasteiger partial charge in [0.1, 0.15) is 0 Å². The summed E-state index contributed by atoms with van der Waals surface area (Å²) in [6.45, 7) is 6.43. The number of halogens is 2. The lowest BCUT2D eigenvalue weighted by atomic mass is 10.1. The van der Waals surface area contributed by atoms with Crippen molar-refractivity contribution in [1.29, 1.82) is 0 Å². The van der Waals surface area contributed by atoms with Gasteiger partial charge in [-0.1, -0.05) is 54.4 Å². The molecule has 0 bridgehead atoms. The lowest BCUT2D eigenvalue weighted by Crippen LogP contribution is -2.34. The second kappa shape index (κ2) is 8.73. The van der Waals surface area contributed by atoms with E-state index in [0.29, 0.717) is 21.5 Å². The molecule has 0 atom stereocenters. The number of carbonyl (C=O) groups excluding carboxylic acids is 2. The van der Waals surface area contributed by atoms with E-state index >= 15 is 0 Å². The molecule has 1 saturated heterocycles. The predicted octanol–water partition coefficient (Wildman–Crippen LogP) is 7.00. The Balaban J connectivity index is 1.81. The Morgan fingerprint density at radius 2 is 1.87 bits per heavy atom. The van der Waals surface area contributed by atoms with Crippen LogP contribution in [-0.2, 0) is 17.8 Å². The summed E-state index contributed by atoms with van der Waals surface area (Å²) >= 11 is 13.3. The lowest BCUT2D eigenvalue weighted by molar-refractivity contribution is -0.123. The fourth-order valence-corrected chi connectivity index (χ4v) is 5.16. The van der Waals surface area contributed by atoms with Crippen LogP contribution in [-0.4, -0.2) is 26.7 Å². The highest BCUT2D eigenvalue weighted by Crippen LogP contribution is 2.36. The molecular formula is C24H22Cl2N2O2S. The van der Waals surface area contributed by atoms with E-state index in [2.05, 4.69) is 23.6 Å². The number of nitrogens with zero attached hydrogens (tertiary/aromatic N) is 2. The number of hydrogen-bond donors (Lipinski definition) is 0. The van der Waals surface area contributed by atoms with Crippen molar-refractivity contribution < 1.29 is 9.59 Å². The maximum Gasteiger partial charge on any atom is 0.293 e. The Morgan fingerprint density at radius 3 is 2.52 bits per heavy atom. The van der Waals surface area contributed by atoms with Gasteiger partial charge in [0, 0.05) is 29.7 Å². The minimum Gasteiger partial charge on any atom is -0.342 e. The van der Waals surface area contributed by atoms with Crippen LogP contribution in [0.1, 0.15) is 37.5 Å². The Kier molecular flexibility index (Phi) is 6.20. The summed E-state index contributed by atoms with van der Waals surface area (Å²) in [5, 5.41) is 1.88. The molecule has 0 saturated carbocycles. The predicted molar refractivity (Wildman–Crippen MR) is 130 cm³/mol. The van der Waals surface area contributed by atoms with Gasteiger partial charge >= 0.3 is 0 Å². The van der Waals surface area contributed by atoms with Crippen LogP contribution >= 0.6 is 35.0 Å². The Morgan fingerprint density at radius 1 is 1.10 bits per heavy atom. The molecule has 3 aromatic rings. The summed E-state index contributed by atoms with van der Waals surface area (Å²) in [7, 11) is 0. The number of para-hydroxylation sites is 1. The quantitative estimate of drug-likeness (QED) is 0.375. The average molecular weight is 473 g/mol. The first-order valence-corrected chi connectivity index (χ1v) is 11.7. The number of aryl methyl sites for hydroxylation is 1. The molecule has 0 radical (unpaired) electrons. The topological polar surface area (TPSA) is 42.3 Å². The van der Waals surface area contributed by atoms with Crippen LogP contribution in [0.25, 0.3) is 17.0 Å². The number of amides is 2. The van der Waals surface area contributed by atoms with E-state index in [9.17, 15) is 9.59 Å². The molecule has 1 fully saturated rings. The third kappa shape index (κ3) is 4.14. The number of thioether (sulfide) groups is 1. The molecule has 2 amide bonds. The summed E-state index contributed by atoms with van der Waals surface area (Å²) in [6, 6.07) is 11.7. The van der Waals surface area contributed by atoms with Crippen LogP contribution in [0.15, 0.2) is 47.5 Å². The Labute approximate surface area is 195 Å². The van der Waals surface area contributed by atoms with Gasteiger partial charge in [0.2, 0.25) is 0 Å². The second-order valence-corrected chi connectivity index (χ2v) is 9.58. The highest BCUT2D eigenvalue weighted by Gasteiger charge is 2.36. The van der Waals surface area contributed by atoms with E-state index < -0.39 is 0 Å². The normalized spacial score (nSPS) is 15.8. The van der Waals surface area contributed by atoms with Crippen molar-refractivity contribution in [2.75, 3.05) is 0 Å². The van der Waals surface area contributed by atoms with Crippen molar-refractivity contribution in [3.8, 4) is 0 Å². The van der Waals surface area contributed by atoms with Crippen LogP contribution in [0.4, 0.5) is 4.79 Å². The van der Waals surface area contributed by atoms with Gasteiger partial charge in [-0.05, 0) is 61.4 Å². The summed E-state index contributed by atoms with van der Waals surface area (Å²) < 4.78 is 2.17. The van der Waals surface area contributed by atoms with E-state index in [1.165, 1.54) is 10.5 Å². The lowest BCUT2D eigenvalue weighted by Gasteiger charge is -2.16. The largest absolute Gasteiger partial charge is 0.342 e. The van der Waals surface area contributed by atoms with Crippen LogP contribution in [0.5, 0.6) is 0 Å². The molecule has 2 aromatic carbocycles. The molecule has 0 aliphatic carbocycles. The van der Waals surface area contributed by atoms with Gasteiger partial charge in [0.25, 0.3) is 11.1 Å². The van der Waals surface area contributed by atoms with Crippen LogP contribution in [0, 0.1) is 0 Å². The zero-order chi connectivity index (χ0) is 22.3. The highest BCUT2D eigenvalue weighted by molar-refractivity contribution is 8.18. The third-order valence-corrected chi connectivity index (χ3v) is 6.98. The number of carbonyl (C=O) groups is 2. The molecule has 4 nitrogen and oxygen atoms in total. The van der Waals surface area contributed by atoms with Crippen molar-refractivity contribution in [1.82, 2.24) is 9.47 Å². The number of aromatic nitrogens is 1. The molecule has 4 rings (SSSR count). The van der Waals surface area contributed by atoms with E-state index in [1.807, 2.05) is 44.3 Å². The van der Waals surface area contributed by atoms with Crippen molar-refractivity contribution in [2.24, 2.45) is 0 Å². The number of imide groups is 1. The number of benzene rings is 2. The molecule has 0 unspecified atom stereocenters. The molecule has 0 N–H and O–H groups in total. The fourth-order valence-electron chi connectivity index (χ4n) is 3.89. The summed E-state index contributed by atoms with van der Waals surface area (Å²) in [4.78, 5) is 26.8. The minimum atomic E-state index is -0.234. The highest BCUT2D eigenvalue weighted by atomic mass is 35.5. The maximum atomic E-state index is 12.8. The number of fused-ring (bicyclic) bond motifs is 1. The van der Waals surface area contributed by atoms with Gasteiger partial charge in [-0.25, -0.2) is 0 Å².